The van der Waals surface area contributed by atoms with Crippen molar-refractivity contribution in [1.29, 1.82) is 0 Å². The maximum Gasteiger partial charge on any atom is 0.253 e. The van der Waals surface area contributed by atoms with Crippen molar-refractivity contribution < 1.29 is 4.79 Å². The van der Waals surface area contributed by atoms with Gasteiger partial charge in [-0.1, -0.05) is 0 Å². The molecule has 0 atom stereocenters. The number of benzene rings is 1. The molecule has 0 fully saturated rings. The fourth-order valence-corrected chi connectivity index (χ4v) is 2.18. The summed E-state index contributed by atoms with van der Waals surface area (Å²) in [5, 5.41) is 6.84. The highest BCUT2D eigenvalue weighted by atomic mass is 32.1. The number of amides is 1. The van der Waals surface area contributed by atoms with Gasteiger partial charge in [-0.05, 0) is 64.4 Å². The van der Waals surface area contributed by atoms with Gasteiger partial charge >= 0.3 is 0 Å². The lowest BCUT2D eigenvalue weighted by atomic mass is 10.2. The maximum atomic E-state index is 12.2. The molecular weight excluding hydrogens is 296 g/mol. The van der Waals surface area contributed by atoms with Crippen LogP contribution in [0.15, 0.2) is 24.3 Å². The third-order valence-corrected chi connectivity index (χ3v) is 3.53. The summed E-state index contributed by atoms with van der Waals surface area (Å²) in [5.74, 6) is 0.0586. The first-order chi connectivity index (χ1) is 10.5. The number of anilines is 1. The molecule has 0 aliphatic carbocycles. The van der Waals surface area contributed by atoms with Crippen LogP contribution in [0.2, 0.25) is 0 Å². The van der Waals surface area contributed by atoms with Crippen molar-refractivity contribution in [1.82, 2.24) is 15.1 Å². The highest BCUT2D eigenvalue weighted by molar-refractivity contribution is 7.80. The molecule has 0 saturated carbocycles. The summed E-state index contributed by atoms with van der Waals surface area (Å²) >= 11 is 5.24. The largest absolute Gasteiger partial charge is 0.361 e. The van der Waals surface area contributed by atoms with E-state index in [0.29, 0.717) is 10.7 Å². The Kier molecular flexibility index (Phi) is 7.84. The molecule has 122 valence electrons. The SMILES string of the molecule is CCN(CC)C(=O)c1ccc(NC(=S)NCCN(C)C)cc1. The van der Waals surface area contributed by atoms with Crippen molar-refractivity contribution in [3.63, 3.8) is 0 Å². The number of carbonyl (C=O) groups is 1. The van der Waals surface area contributed by atoms with Crippen LogP contribution < -0.4 is 10.6 Å². The minimum atomic E-state index is 0.0586. The standard InChI is InChI=1S/C16H26N4OS/c1-5-20(6-2)15(21)13-7-9-14(10-8-13)18-16(22)17-11-12-19(3)4/h7-10H,5-6,11-12H2,1-4H3,(H2,17,18,22). The first-order valence-corrected chi connectivity index (χ1v) is 7.97. The number of carbonyl (C=O) groups excluding carboxylic acids is 1. The van der Waals surface area contributed by atoms with E-state index in [0.717, 1.165) is 31.9 Å². The van der Waals surface area contributed by atoms with Gasteiger partial charge in [0, 0.05) is 37.4 Å². The maximum absolute atomic E-state index is 12.2. The number of thiocarbonyl (C=S) groups is 1. The van der Waals surface area contributed by atoms with Gasteiger partial charge in [-0.3, -0.25) is 4.79 Å². The molecule has 0 radical (unpaired) electrons. The molecular formula is C16H26N4OS. The molecule has 22 heavy (non-hydrogen) atoms. The molecule has 0 bridgehead atoms. The summed E-state index contributed by atoms with van der Waals surface area (Å²) in [6.07, 6.45) is 0. The molecule has 1 amide bonds. The van der Waals surface area contributed by atoms with Crippen molar-refractivity contribution in [2.24, 2.45) is 0 Å². The molecule has 1 aromatic rings. The lowest BCUT2D eigenvalue weighted by Crippen LogP contribution is -2.34. The van der Waals surface area contributed by atoms with E-state index in [-0.39, 0.29) is 5.91 Å². The minimum Gasteiger partial charge on any atom is -0.361 e. The minimum absolute atomic E-state index is 0.0586. The fraction of sp³-hybridized carbons (Fsp3) is 0.500. The number of nitrogens with one attached hydrogen (secondary N) is 2. The molecule has 0 heterocycles. The molecule has 1 rings (SSSR count). The monoisotopic (exact) mass is 322 g/mol. The third-order valence-electron chi connectivity index (χ3n) is 3.28. The highest BCUT2D eigenvalue weighted by Gasteiger charge is 2.11. The number of hydrogen-bond acceptors (Lipinski definition) is 3. The van der Waals surface area contributed by atoms with Crippen LogP contribution in [0.1, 0.15) is 24.2 Å². The van der Waals surface area contributed by atoms with Crippen LogP contribution >= 0.6 is 12.2 Å². The number of likely N-dealkylation sites (N-methyl/N-ethyl adjacent to an activating group) is 1. The average Bonchev–Trinajstić information content (AvgIpc) is 2.48. The van der Waals surface area contributed by atoms with Gasteiger partial charge in [-0.15, -0.1) is 0 Å². The van der Waals surface area contributed by atoms with Gasteiger partial charge in [-0.2, -0.15) is 0 Å². The summed E-state index contributed by atoms with van der Waals surface area (Å²) < 4.78 is 0. The van der Waals surface area contributed by atoms with Gasteiger partial charge in [0.15, 0.2) is 5.11 Å². The van der Waals surface area contributed by atoms with Crippen LogP contribution in [0.4, 0.5) is 5.69 Å². The van der Waals surface area contributed by atoms with E-state index in [1.54, 1.807) is 4.90 Å². The van der Waals surface area contributed by atoms with E-state index in [1.807, 2.05) is 52.2 Å². The Morgan fingerprint density at radius 2 is 1.73 bits per heavy atom. The van der Waals surface area contributed by atoms with E-state index in [2.05, 4.69) is 15.5 Å². The van der Waals surface area contributed by atoms with Crippen molar-refractivity contribution in [3.05, 3.63) is 29.8 Å². The number of rotatable bonds is 7. The second kappa shape index (κ2) is 9.38. The van der Waals surface area contributed by atoms with Gasteiger partial charge in [0.1, 0.15) is 0 Å². The molecule has 5 nitrogen and oxygen atoms in total. The fourth-order valence-electron chi connectivity index (χ4n) is 1.96. The summed E-state index contributed by atoms with van der Waals surface area (Å²) in [4.78, 5) is 16.1. The molecule has 0 aliphatic rings. The normalized spacial score (nSPS) is 10.4. The van der Waals surface area contributed by atoms with Crippen LogP contribution in [-0.2, 0) is 0 Å². The summed E-state index contributed by atoms with van der Waals surface area (Å²) in [6, 6.07) is 7.39. The van der Waals surface area contributed by atoms with Gasteiger partial charge in [-0.25, -0.2) is 0 Å². The van der Waals surface area contributed by atoms with Crippen molar-refractivity contribution in [2.45, 2.75) is 13.8 Å². The van der Waals surface area contributed by atoms with Crippen LogP contribution in [0, 0.1) is 0 Å². The molecule has 0 aromatic heterocycles. The zero-order valence-corrected chi connectivity index (χ0v) is 14.7. The molecule has 0 aliphatic heterocycles. The highest BCUT2D eigenvalue weighted by Crippen LogP contribution is 2.11. The zero-order valence-electron chi connectivity index (χ0n) is 13.8. The summed E-state index contributed by atoms with van der Waals surface area (Å²) in [5.41, 5.74) is 1.57. The Morgan fingerprint density at radius 3 is 2.23 bits per heavy atom. The van der Waals surface area contributed by atoms with Crippen molar-refractivity contribution in [3.8, 4) is 0 Å². The van der Waals surface area contributed by atoms with Crippen molar-refractivity contribution >= 4 is 28.9 Å². The Hall–Kier alpha value is -1.66. The second-order valence-corrected chi connectivity index (χ2v) is 5.65. The van der Waals surface area contributed by atoms with Crippen LogP contribution in [-0.4, -0.2) is 61.1 Å². The van der Waals surface area contributed by atoms with Crippen LogP contribution in [0.5, 0.6) is 0 Å². The van der Waals surface area contributed by atoms with Gasteiger partial charge in [0.2, 0.25) is 0 Å². The van der Waals surface area contributed by atoms with E-state index >= 15 is 0 Å². The predicted molar refractivity (Wildman–Crippen MR) is 96.5 cm³/mol. The molecule has 2 N–H and O–H groups in total. The van der Waals surface area contributed by atoms with Crippen LogP contribution in [0.25, 0.3) is 0 Å². The smallest absolute Gasteiger partial charge is 0.253 e. The molecule has 0 saturated heterocycles. The average molecular weight is 322 g/mol. The van der Waals surface area contributed by atoms with Crippen molar-refractivity contribution in [2.75, 3.05) is 45.6 Å². The third kappa shape index (κ3) is 5.99. The number of nitrogens with zero attached hydrogens (tertiary/aromatic N) is 2. The Morgan fingerprint density at radius 1 is 1.14 bits per heavy atom. The first kappa shape index (κ1) is 18.4. The van der Waals surface area contributed by atoms with E-state index in [4.69, 9.17) is 12.2 Å². The summed E-state index contributed by atoms with van der Waals surface area (Å²) in [7, 11) is 4.04. The van der Waals surface area contributed by atoms with Gasteiger partial charge in [0.05, 0.1) is 0 Å². The van der Waals surface area contributed by atoms with E-state index < -0.39 is 0 Å². The first-order valence-electron chi connectivity index (χ1n) is 7.56. The molecule has 6 heteroatoms. The zero-order chi connectivity index (χ0) is 16.5. The van der Waals surface area contributed by atoms with E-state index in [1.165, 1.54) is 0 Å². The Balaban J connectivity index is 2.54. The van der Waals surface area contributed by atoms with E-state index in [9.17, 15) is 4.79 Å². The summed E-state index contributed by atoms with van der Waals surface area (Å²) in [6.45, 7) is 7.10. The Bertz CT molecular complexity index is 483. The predicted octanol–water partition coefficient (Wildman–Crippen LogP) is 2.02. The topological polar surface area (TPSA) is 47.6 Å². The van der Waals surface area contributed by atoms with Gasteiger partial charge < -0.3 is 20.4 Å². The number of hydrogen-bond donors (Lipinski definition) is 2. The molecule has 0 unspecified atom stereocenters. The lowest BCUT2D eigenvalue weighted by molar-refractivity contribution is 0.0773. The quantitative estimate of drug-likeness (QED) is 0.752. The van der Waals surface area contributed by atoms with Crippen LogP contribution in [0.3, 0.4) is 0 Å². The molecule has 0 spiro atoms. The van der Waals surface area contributed by atoms with Gasteiger partial charge in [0.25, 0.3) is 5.91 Å². The second-order valence-electron chi connectivity index (χ2n) is 5.24. The lowest BCUT2D eigenvalue weighted by Gasteiger charge is -2.19. The molecule has 1 aromatic carbocycles. The Labute approximate surface area is 138 Å².